The summed E-state index contributed by atoms with van der Waals surface area (Å²) in [4.78, 5) is 20.8. The molecule has 0 radical (unpaired) electrons. The summed E-state index contributed by atoms with van der Waals surface area (Å²) in [5, 5.41) is 9.45. The zero-order valence-electron chi connectivity index (χ0n) is 11.3. The van der Waals surface area contributed by atoms with Crippen LogP contribution in [-0.2, 0) is 13.0 Å². The van der Waals surface area contributed by atoms with Crippen LogP contribution in [0.5, 0.6) is 0 Å². The Balaban J connectivity index is 1.98. The molecule has 2 aliphatic rings. The second kappa shape index (κ2) is 4.30. The third-order valence-electron chi connectivity index (χ3n) is 4.31. The van der Waals surface area contributed by atoms with Crippen LogP contribution in [0.4, 0.5) is 0 Å². The van der Waals surface area contributed by atoms with Crippen LogP contribution in [0.25, 0.3) is 11.2 Å². The van der Waals surface area contributed by atoms with E-state index in [2.05, 4.69) is 9.55 Å². The lowest BCUT2D eigenvalue weighted by molar-refractivity contribution is 0.0698. The van der Waals surface area contributed by atoms with Crippen molar-refractivity contribution in [1.82, 2.24) is 14.5 Å². The predicted octanol–water partition coefficient (Wildman–Crippen LogP) is 2.73. The number of nitrogens with zero attached hydrogens (tertiary/aromatic N) is 3. The molecule has 104 valence electrons. The number of hydrogen-bond acceptors (Lipinski definition) is 3. The number of hydrogen-bond donors (Lipinski definition) is 1. The van der Waals surface area contributed by atoms with Crippen LogP contribution < -0.4 is 0 Å². The highest BCUT2D eigenvalue weighted by molar-refractivity contribution is 6.00. The molecule has 20 heavy (non-hydrogen) atoms. The topological polar surface area (TPSA) is 68.0 Å². The molecule has 2 aromatic rings. The SMILES string of the molecule is O=C(O)c1cc(C2CC2)nc2c1nc1n2CCCCC1. The Morgan fingerprint density at radius 1 is 1.25 bits per heavy atom. The molecular weight excluding hydrogens is 254 g/mol. The van der Waals surface area contributed by atoms with Crippen molar-refractivity contribution in [3.8, 4) is 0 Å². The van der Waals surface area contributed by atoms with Crippen LogP contribution in [0.1, 0.15) is 59.9 Å². The van der Waals surface area contributed by atoms with Gasteiger partial charge in [-0.15, -0.1) is 0 Å². The van der Waals surface area contributed by atoms with Gasteiger partial charge in [-0.1, -0.05) is 6.42 Å². The quantitative estimate of drug-likeness (QED) is 0.912. The number of pyridine rings is 1. The summed E-state index contributed by atoms with van der Waals surface area (Å²) in [5.41, 5.74) is 2.60. The van der Waals surface area contributed by atoms with E-state index < -0.39 is 5.97 Å². The smallest absolute Gasteiger partial charge is 0.338 e. The molecule has 0 spiro atoms. The molecular formula is C15H17N3O2. The van der Waals surface area contributed by atoms with Gasteiger partial charge in [-0.2, -0.15) is 0 Å². The number of carbonyl (C=O) groups is 1. The van der Waals surface area contributed by atoms with E-state index in [0.29, 0.717) is 17.0 Å². The van der Waals surface area contributed by atoms with Crippen molar-refractivity contribution in [1.29, 1.82) is 0 Å². The Bertz CT molecular complexity index is 701. The van der Waals surface area contributed by atoms with Crippen molar-refractivity contribution >= 4 is 17.1 Å². The molecule has 2 aromatic heterocycles. The van der Waals surface area contributed by atoms with Crippen LogP contribution in [0.2, 0.25) is 0 Å². The number of fused-ring (bicyclic) bond motifs is 3. The average Bonchev–Trinajstić information content (AvgIpc) is 3.23. The van der Waals surface area contributed by atoms with Crippen LogP contribution in [-0.4, -0.2) is 25.6 Å². The first-order valence-corrected chi connectivity index (χ1v) is 7.37. The third-order valence-corrected chi connectivity index (χ3v) is 4.31. The lowest BCUT2D eigenvalue weighted by Crippen LogP contribution is -2.04. The second-order valence-corrected chi connectivity index (χ2v) is 5.84. The van der Waals surface area contributed by atoms with Crippen molar-refractivity contribution in [3.63, 3.8) is 0 Å². The first-order chi connectivity index (χ1) is 9.74. The number of rotatable bonds is 2. The summed E-state index contributed by atoms with van der Waals surface area (Å²) in [6.07, 6.45) is 6.63. The van der Waals surface area contributed by atoms with Gasteiger partial charge >= 0.3 is 5.97 Å². The molecule has 1 N–H and O–H groups in total. The van der Waals surface area contributed by atoms with E-state index >= 15 is 0 Å². The minimum Gasteiger partial charge on any atom is -0.478 e. The summed E-state index contributed by atoms with van der Waals surface area (Å²) in [5.74, 6) is 0.558. The van der Waals surface area contributed by atoms with Gasteiger partial charge in [0.1, 0.15) is 11.3 Å². The van der Waals surface area contributed by atoms with Gasteiger partial charge in [-0.3, -0.25) is 0 Å². The molecule has 5 nitrogen and oxygen atoms in total. The van der Waals surface area contributed by atoms with Gasteiger partial charge in [-0.05, 0) is 31.7 Å². The Labute approximate surface area is 116 Å². The summed E-state index contributed by atoms with van der Waals surface area (Å²) >= 11 is 0. The normalized spacial score (nSPS) is 18.8. The molecule has 0 aromatic carbocycles. The Morgan fingerprint density at radius 2 is 2.10 bits per heavy atom. The van der Waals surface area contributed by atoms with Crippen LogP contribution in [0, 0.1) is 0 Å². The first kappa shape index (κ1) is 11.9. The van der Waals surface area contributed by atoms with E-state index in [1.807, 2.05) is 0 Å². The summed E-state index contributed by atoms with van der Waals surface area (Å²) in [6.45, 7) is 0.909. The maximum absolute atomic E-state index is 11.5. The summed E-state index contributed by atoms with van der Waals surface area (Å²) in [6, 6.07) is 1.73. The monoisotopic (exact) mass is 271 g/mol. The van der Waals surface area contributed by atoms with Crippen molar-refractivity contribution in [3.05, 3.63) is 23.1 Å². The fraction of sp³-hybridized carbons (Fsp3) is 0.533. The Kier molecular flexibility index (Phi) is 2.55. The highest BCUT2D eigenvalue weighted by atomic mass is 16.4. The molecule has 0 bridgehead atoms. The summed E-state index contributed by atoms with van der Waals surface area (Å²) in [7, 11) is 0. The Morgan fingerprint density at radius 3 is 2.85 bits per heavy atom. The zero-order chi connectivity index (χ0) is 13.7. The summed E-state index contributed by atoms with van der Waals surface area (Å²) < 4.78 is 2.14. The van der Waals surface area contributed by atoms with E-state index in [1.54, 1.807) is 6.07 Å². The number of aromatic carboxylic acids is 1. The van der Waals surface area contributed by atoms with Gasteiger partial charge < -0.3 is 9.67 Å². The molecule has 1 aliphatic carbocycles. The third kappa shape index (κ3) is 1.80. The number of carboxylic acid groups (broad SMARTS) is 1. The Hall–Kier alpha value is -1.91. The van der Waals surface area contributed by atoms with Crippen molar-refractivity contribution in [2.24, 2.45) is 0 Å². The highest BCUT2D eigenvalue weighted by Gasteiger charge is 2.29. The van der Waals surface area contributed by atoms with Gasteiger partial charge in [0.2, 0.25) is 0 Å². The fourth-order valence-electron chi connectivity index (χ4n) is 3.06. The highest BCUT2D eigenvalue weighted by Crippen LogP contribution is 2.40. The molecule has 0 amide bonds. The lowest BCUT2D eigenvalue weighted by Gasteiger charge is -2.06. The minimum atomic E-state index is -0.896. The molecule has 1 fully saturated rings. The van der Waals surface area contributed by atoms with Gasteiger partial charge in [-0.25, -0.2) is 14.8 Å². The van der Waals surface area contributed by atoms with Crippen LogP contribution >= 0.6 is 0 Å². The molecule has 0 unspecified atom stereocenters. The molecule has 0 saturated heterocycles. The van der Waals surface area contributed by atoms with E-state index in [0.717, 1.165) is 55.8 Å². The molecule has 5 heteroatoms. The van der Waals surface area contributed by atoms with Gasteiger partial charge in [0, 0.05) is 24.6 Å². The van der Waals surface area contributed by atoms with Gasteiger partial charge in [0.15, 0.2) is 5.65 Å². The van der Waals surface area contributed by atoms with E-state index in [9.17, 15) is 9.90 Å². The van der Waals surface area contributed by atoms with Crippen molar-refractivity contribution < 1.29 is 9.90 Å². The van der Waals surface area contributed by atoms with Crippen molar-refractivity contribution in [2.45, 2.75) is 51.0 Å². The number of aromatic nitrogens is 3. The fourth-order valence-corrected chi connectivity index (χ4v) is 3.06. The second-order valence-electron chi connectivity index (χ2n) is 5.84. The van der Waals surface area contributed by atoms with Gasteiger partial charge in [0.25, 0.3) is 0 Å². The van der Waals surface area contributed by atoms with E-state index in [4.69, 9.17) is 4.98 Å². The van der Waals surface area contributed by atoms with Gasteiger partial charge in [0.05, 0.1) is 5.56 Å². The lowest BCUT2D eigenvalue weighted by atomic mass is 10.1. The first-order valence-electron chi connectivity index (χ1n) is 7.37. The standard InChI is InChI=1S/C15H17N3O2/c19-15(20)10-8-11(9-5-6-9)16-14-13(10)17-12-4-2-1-3-7-18(12)14/h8-9H,1-7H2,(H,19,20). The van der Waals surface area contributed by atoms with E-state index in [-0.39, 0.29) is 0 Å². The average molecular weight is 271 g/mol. The van der Waals surface area contributed by atoms with Crippen molar-refractivity contribution in [2.75, 3.05) is 0 Å². The molecule has 3 heterocycles. The number of carboxylic acids is 1. The predicted molar refractivity (Wildman–Crippen MR) is 74.0 cm³/mol. The number of aryl methyl sites for hydroxylation is 2. The zero-order valence-corrected chi connectivity index (χ0v) is 11.3. The molecule has 1 saturated carbocycles. The minimum absolute atomic E-state index is 0.317. The maximum Gasteiger partial charge on any atom is 0.338 e. The molecule has 0 atom stereocenters. The van der Waals surface area contributed by atoms with Crippen LogP contribution in [0.3, 0.4) is 0 Å². The van der Waals surface area contributed by atoms with E-state index in [1.165, 1.54) is 6.42 Å². The maximum atomic E-state index is 11.5. The molecule has 4 rings (SSSR count). The largest absolute Gasteiger partial charge is 0.478 e. The van der Waals surface area contributed by atoms with Crippen LogP contribution in [0.15, 0.2) is 6.07 Å². The number of imidazole rings is 1. The molecule has 1 aliphatic heterocycles.